The van der Waals surface area contributed by atoms with Crippen molar-refractivity contribution in [2.24, 2.45) is 0 Å². The van der Waals surface area contributed by atoms with E-state index in [4.69, 9.17) is 4.74 Å². The molecule has 0 unspecified atom stereocenters. The van der Waals surface area contributed by atoms with Gasteiger partial charge in [0.1, 0.15) is 22.0 Å². The van der Waals surface area contributed by atoms with Crippen LogP contribution in [-0.4, -0.2) is 86.2 Å². The van der Waals surface area contributed by atoms with Crippen LogP contribution in [0.1, 0.15) is 98.1 Å². The van der Waals surface area contributed by atoms with Gasteiger partial charge in [0.2, 0.25) is 5.69 Å². The Labute approximate surface area is 335 Å². The molecule has 1 amide bonds. The van der Waals surface area contributed by atoms with Crippen LogP contribution in [-0.2, 0) is 35.5 Å². The molecule has 5 rings (SSSR count). The monoisotopic (exact) mass is 805 g/mol. The van der Waals surface area contributed by atoms with Crippen molar-refractivity contribution >= 4 is 43.1 Å². The molecule has 2 aromatic rings. The number of para-hydroxylation sites is 2. The molecular formula is C44H59N3O7S2. The number of nitrogens with zero attached hydrogens (tertiary/aromatic N) is 3. The lowest BCUT2D eigenvalue weighted by Crippen LogP contribution is -2.34. The van der Waals surface area contributed by atoms with Gasteiger partial charge in [-0.3, -0.25) is 4.90 Å². The summed E-state index contributed by atoms with van der Waals surface area (Å²) in [5, 5.41) is 0. The third-order valence-electron chi connectivity index (χ3n) is 10.9. The van der Waals surface area contributed by atoms with E-state index in [2.05, 4.69) is 91.8 Å². The Kier molecular flexibility index (Phi) is 12.7. The summed E-state index contributed by atoms with van der Waals surface area (Å²) in [7, 11) is -5.59. The van der Waals surface area contributed by atoms with Gasteiger partial charge in [-0.15, -0.1) is 0 Å². The minimum Gasteiger partial charge on any atom is -0.748 e. The Balaban J connectivity index is 1.56. The van der Waals surface area contributed by atoms with E-state index in [0.29, 0.717) is 38.8 Å². The molecule has 0 spiro atoms. The van der Waals surface area contributed by atoms with Crippen LogP contribution in [0.25, 0.3) is 0 Å². The molecule has 2 heterocycles. The Morgan fingerprint density at radius 2 is 1.52 bits per heavy atom. The average Bonchev–Trinajstić information content (AvgIpc) is 3.66. The number of carbonyl (C=O) groups excluding carboxylic acids is 1. The third kappa shape index (κ3) is 9.92. The molecule has 12 heteroatoms. The molecule has 304 valence electrons. The standard InChI is InChI=1S/C44H59N3O7S2/c1-42(2,3)54-41(48)45(8)40-32(24-26-38-43(4,5)34-18-10-12-20-36(34)46(38)28-14-16-30-55(9,49)50)22-23-33(40)25-27-39-44(6,7)35-19-11-13-21-37(35)47(39)29-15-17-31-56(51,52)53/h10-13,18-21,24-27H,14-17,22-23,28-31H2,1-9H3. The second kappa shape index (κ2) is 16.5. The summed E-state index contributed by atoms with van der Waals surface area (Å²) in [6, 6.07) is 16.6. The molecule has 0 radical (unpaired) electrons. The van der Waals surface area contributed by atoms with Crippen LogP contribution < -0.4 is 4.90 Å². The van der Waals surface area contributed by atoms with Crippen molar-refractivity contribution in [2.45, 2.75) is 103 Å². The highest BCUT2D eigenvalue weighted by Gasteiger charge is 2.44. The smallest absolute Gasteiger partial charge is 0.414 e. The summed E-state index contributed by atoms with van der Waals surface area (Å²) in [5.41, 5.74) is 8.14. The van der Waals surface area contributed by atoms with E-state index in [-0.39, 0.29) is 28.8 Å². The molecule has 10 nitrogen and oxygen atoms in total. The Morgan fingerprint density at radius 3 is 2.18 bits per heavy atom. The number of carbonyl (C=O) groups is 1. The summed E-state index contributed by atoms with van der Waals surface area (Å²) in [5.74, 6) is -0.234. The normalized spacial score (nSPS) is 19.4. The van der Waals surface area contributed by atoms with Crippen LogP contribution >= 0.6 is 0 Å². The maximum atomic E-state index is 13.7. The molecule has 1 aliphatic carbocycles. The molecule has 0 saturated heterocycles. The lowest BCUT2D eigenvalue weighted by atomic mass is 9.81. The molecule has 0 saturated carbocycles. The fourth-order valence-electron chi connectivity index (χ4n) is 8.20. The minimum atomic E-state index is -4.29. The maximum Gasteiger partial charge on any atom is 0.414 e. The molecule has 0 atom stereocenters. The van der Waals surface area contributed by atoms with Crippen molar-refractivity contribution in [1.82, 2.24) is 4.90 Å². The number of likely N-dealkylation sites (N-methyl/N-ethyl adjacent to an activating group) is 1. The fourth-order valence-corrected chi connectivity index (χ4v) is 9.48. The molecular weight excluding hydrogens is 747 g/mol. The lowest BCUT2D eigenvalue weighted by Gasteiger charge is -2.28. The number of ether oxygens (including phenoxy) is 1. The lowest BCUT2D eigenvalue weighted by molar-refractivity contribution is -0.438. The first kappa shape index (κ1) is 43.1. The molecule has 2 aromatic carbocycles. The Hall–Kier alpha value is -4.00. The number of hydrogen-bond acceptors (Lipinski definition) is 8. The predicted molar refractivity (Wildman–Crippen MR) is 224 cm³/mol. The summed E-state index contributed by atoms with van der Waals surface area (Å²) in [6.07, 6.45) is 12.9. The van der Waals surface area contributed by atoms with E-state index >= 15 is 0 Å². The second-order valence-electron chi connectivity index (χ2n) is 17.3. The quantitative estimate of drug-likeness (QED) is 0.106. The van der Waals surface area contributed by atoms with Gasteiger partial charge in [0.15, 0.2) is 5.71 Å². The van der Waals surface area contributed by atoms with Crippen molar-refractivity contribution in [3.63, 3.8) is 0 Å². The summed E-state index contributed by atoms with van der Waals surface area (Å²) >= 11 is 0. The van der Waals surface area contributed by atoms with Crippen molar-refractivity contribution in [3.05, 3.63) is 107 Å². The molecule has 3 aliphatic rings. The topological polar surface area (TPSA) is 127 Å². The molecule has 0 aromatic heterocycles. The zero-order valence-corrected chi connectivity index (χ0v) is 36.1. The zero-order chi connectivity index (χ0) is 41.3. The van der Waals surface area contributed by atoms with E-state index in [0.717, 1.165) is 51.6 Å². The number of benzene rings is 2. The number of rotatable bonds is 14. The number of sulfone groups is 1. The molecule has 0 N–H and O–H groups in total. The number of hydrogen-bond donors (Lipinski definition) is 0. The Morgan fingerprint density at radius 1 is 0.875 bits per heavy atom. The SMILES string of the molecule is CN(C(=O)OC(C)(C)C)C1=C(/C=C/C2=[N+](CCCCS(=O)(=O)[O-])c3ccccc3C2(C)C)CCC1=C/C=C1/N(CCCCS(C)(=O)=O)c2ccccc2C1(C)C. The van der Waals surface area contributed by atoms with Gasteiger partial charge in [-0.25, -0.2) is 21.6 Å². The summed E-state index contributed by atoms with van der Waals surface area (Å²) in [4.78, 5) is 17.6. The number of allylic oxidation sites excluding steroid dienone is 7. The second-order valence-corrected chi connectivity index (χ2v) is 21.1. The highest BCUT2D eigenvalue weighted by molar-refractivity contribution is 7.90. The van der Waals surface area contributed by atoms with Crippen LogP contribution in [0.2, 0.25) is 0 Å². The van der Waals surface area contributed by atoms with E-state index in [9.17, 15) is 26.2 Å². The zero-order valence-electron chi connectivity index (χ0n) is 34.5. The number of unbranched alkanes of at least 4 members (excludes halogenated alkanes) is 2. The van der Waals surface area contributed by atoms with Crippen molar-refractivity contribution in [1.29, 1.82) is 0 Å². The first-order chi connectivity index (χ1) is 26.0. The molecule has 0 bridgehead atoms. The van der Waals surface area contributed by atoms with E-state index in [1.807, 2.05) is 39.0 Å². The van der Waals surface area contributed by atoms with Crippen molar-refractivity contribution in [2.75, 3.05) is 42.8 Å². The first-order valence-corrected chi connectivity index (χ1v) is 23.2. The van der Waals surface area contributed by atoms with Gasteiger partial charge in [0, 0.05) is 72.3 Å². The van der Waals surface area contributed by atoms with Gasteiger partial charge in [-0.05, 0) is 95.6 Å². The number of fused-ring (bicyclic) bond motifs is 2. The Bertz CT molecular complexity index is 2220. The predicted octanol–water partition coefficient (Wildman–Crippen LogP) is 8.29. The number of amides is 1. The van der Waals surface area contributed by atoms with Gasteiger partial charge in [0.25, 0.3) is 0 Å². The average molecular weight is 806 g/mol. The van der Waals surface area contributed by atoms with Crippen LogP contribution in [0.15, 0.2) is 95.4 Å². The van der Waals surface area contributed by atoms with Crippen molar-refractivity contribution < 1.29 is 35.5 Å². The third-order valence-corrected chi connectivity index (χ3v) is 12.8. The highest BCUT2D eigenvalue weighted by atomic mass is 32.2. The van der Waals surface area contributed by atoms with Crippen molar-refractivity contribution in [3.8, 4) is 0 Å². The number of anilines is 1. The molecule has 0 fully saturated rings. The maximum absolute atomic E-state index is 13.7. The van der Waals surface area contributed by atoms with Crippen LogP contribution in [0.5, 0.6) is 0 Å². The summed E-state index contributed by atoms with van der Waals surface area (Å²) in [6.45, 7) is 15.6. The van der Waals surface area contributed by atoms with Gasteiger partial charge in [-0.2, -0.15) is 4.58 Å². The van der Waals surface area contributed by atoms with Crippen LogP contribution in [0.3, 0.4) is 0 Å². The van der Waals surface area contributed by atoms with Gasteiger partial charge in [-0.1, -0.05) is 62.4 Å². The fraction of sp³-hybridized carbons (Fsp3) is 0.500. The summed E-state index contributed by atoms with van der Waals surface area (Å²) < 4.78 is 65.8. The van der Waals surface area contributed by atoms with Crippen LogP contribution in [0, 0.1) is 0 Å². The molecule has 56 heavy (non-hydrogen) atoms. The van der Waals surface area contributed by atoms with E-state index < -0.39 is 31.6 Å². The largest absolute Gasteiger partial charge is 0.748 e. The van der Waals surface area contributed by atoms with E-state index in [1.165, 1.54) is 11.8 Å². The van der Waals surface area contributed by atoms with Gasteiger partial charge < -0.3 is 14.2 Å². The van der Waals surface area contributed by atoms with Gasteiger partial charge in [0.05, 0.1) is 21.2 Å². The van der Waals surface area contributed by atoms with Crippen LogP contribution in [0.4, 0.5) is 16.2 Å². The van der Waals surface area contributed by atoms with Gasteiger partial charge >= 0.3 is 6.09 Å². The first-order valence-electron chi connectivity index (χ1n) is 19.5. The molecule has 2 aliphatic heterocycles. The highest BCUT2D eigenvalue weighted by Crippen LogP contribution is 2.48. The van der Waals surface area contributed by atoms with E-state index in [1.54, 1.807) is 11.9 Å². The minimum absolute atomic E-state index is 0.155.